The molecular weight excluding hydrogens is 310 g/mol. The Kier molecular flexibility index (Phi) is 3.22. The van der Waals surface area contributed by atoms with Crippen LogP contribution in [0.3, 0.4) is 0 Å². The second kappa shape index (κ2) is 3.83. The van der Waals surface area contributed by atoms with Gasteiger partial charge in [-0.25, -0.2) is 13.6 Å². The zero-order valence-corrected chi connectivity index (χ0v) is 10.3. The summed E-state index contributed by atoms with van der Waals surface area (Å²) in [5.41, 5.74) is 0. The van der Waals surface area contributed by atoms with Gasteiger partial charge in [-0.05, 0) is 28.1 Å². The lowest BCUT2D eigenvalue weighted by Gasteiger charge is -2.05. The highest BCUT2D eigenvalue weighted by Crippen LogP contribution is 2.27. The van der Waals surface area contributed by atoms with Gasteiger partial charge in [-0.15, -0.1) is 0 Å². The Balaban J connectivity index is 3.65. The van der Waals surface area contributed by atoms with Gasteiger partial charge in [0.15, 0.2) is 0 Å². The molecule has 84 valence electrons. The first-order chi connectivity index (χ1) is 6.64. The molecule has 15 heavy (non-hydrogen) atoms. The molecule has 0 spiro atoms. The maximum atomic E-state index is 11.0. The standard InChI is InChI=1S/C6H6BrNO5S2/c7-6-4(14(8,9)10)2-1-3-5(6)15(11,12)13/h1-3H,(H2,8,9,10)(H,11,12,13). The summed E-state index contributed by atoms with van der Waals surface area (Å²) < 4.78 is 52.1. The number of halogens is 1. The molecule has 0 aliphatic heterocycles. The first kappa shape index (κ1) is 12.6. The average Bonchev–Trinajstić information content (AvgIpc) is 1.99. The van der Waals surface area contributed by atoms with Crippen molar-refractivity contribution >= 4 is 36.1 Å². The van der Waals surface area contributed by atoms with Crippen molar-refractivity contribution in [1.82, 2.24) is 0 Å². The van der Waals surface area contributed by atoms with Crippen molar-refractivity contribution in [2.24, 2.45) is 5.14 Å². The highest BCUT2D eigenvalue weighted by atomic mass is 79.9. The molecule has 9 heteroatoms. The molecule has 3 N–H and O–H groups in total. The third-order valence-electron chi connectivity index (χ3n) is 1.51. The van der Waals surface area contributed by atoms with Gasteiger partial charge in [0, 0.05) is 0 Å². The number of nitrogens with two attached hydrogens (primary N) is 1. The average molecular weight is 316 g/mol. The molecular formula is C6H6BrNO5S2. The molecule has 0 heterocycles. The maximum Gasteiger partial charge on any atom is 0.295 e. The minimum Gasteiger partial charge on any atom is -0.282 e. The van der Waals surface area contributed by atoms with Gasteiger partial charge in [-0.3, -0.25) is 4.55 Å². The minimum atomic E-state index is -4.48. The second-order valence-corrected chi connectivity index (χ2v) is 6.30. The van der Waals surface area contributed by atoms with Gasteiger partial charge in [-0.2, -0.15) is 8.42 Å². The van der Waals surface area contributed by atoms with Gasteiger partial charge in [0.25, 0.3) is 10.1 Å². The molecule has 0 saturated carbocycles. The summed E-state index contributed by atoms with van der Waals surface area (Å²) in [7, 11) is -8.52. The Morgan fingerprint density at radius 2 is 1.60 bits per heavy atom. The summed E-state index contributed by atoms with van der Waals surface area (Å²) >= 11 is 2.75. The Morgan fingerprint density at radius 1 is 1.13 bits per heavy atom. The van der Waals surface area contributed by atoms with E-state index in [2.05, 4.69) is 15.9 Å². The number of sulfonamides is 1. The van der Waals surface area contributed by atoms with Crippen LogP contribution in [0.2, 0.25) is 0 Å². The van der Waals surface area contributed by atoms with Gasteiger partial charge < -0.3 is 0 Å². The van der Waals surface area contributed by atoms with Crippen molar-refractivity contribution in [3.8, 4) is 0 Å². The SMILES string of the molecule is NS(=O)(=O)c1cccc(S(=O)(=O)O)c1Br. The van der Waals surface area contributed by atoms with Crippen LogP contribution in [0.15, 0.2) is 32.5 Å². The number of hydrogen-bond acceptors (Lipinski definition) is 4. The molecule has 0 radical (unpaired) electrons. The molecule has 1 aromatic rings. The van der Waals surface area contributed by atoms with Crippen molar-refractivity contribution in [3.05, 3.63) is 22.7 Å². The van der Waals surface area contributed by atoms with Crippen molar-refractivity contribution in [2.45, 2.75) is 9.79 Å². The Bertz CT molecular complexity index is 542. The molecule has 0 amide bonds. The van der Waals surface area contributed by atoms with Gasteiger partial charge in [0.1, 0.15) is 4.90 Å². The van der Waals surface area contributed by atoms with Gasteiger partial charge >= 0.3 is 0 Å². The van der Waals surface area contributed by atoms with E-state index in [1.165, 1.54) is 0 Å². The van der Waals surface area contributed by atoms with E-state index in [9.17, 15) is 16.8 Å². The molecule has 0 unspecified atom stereocenters. The summed E-state index contributed by atoms with van der Waals surface area (Å²) in [4.78, 5) is -0.952. The largest absolute Gasteiger partial charge is 0.295 e. The van der Waals surface area contributed by atoms with Crippen LogP contribution >= 0.6 is 15.9 Å². The molecule has 6 nitrogen and oxygen atoms in total. The van der Waals surface area contributed by atoms with Crippen LogP contribution in [0.1, 0.15) is 0 Å². The van der Waals surface area contributed by atoms with Crippen LogP contribution in [0.5, 0.6) is 0 Å². The first-order valence-electron chi connectivity index (χ1n) is 3.43. The van der Waals surface area contributed by atoms with Crippen LogP contribution in [-0.4, -0.2) is 21.4 Å². The van der Waals surface area contributed by atoms with E-state index < -0.39 is 29.9 Å². The van der Waals surface area contributed by atoms with Crippen molar-refractivity contribution in [3.63, 3.8) is 0 Å². The molecule has 1 aromatic carbocycles. The van der Waals surface area contributed by atoms with E-state index >= 15 is 0 Å². The first-order valence-corrected chi connectivity index (χ1v) is 7.21. The number of primary sulfonamides is 1. The number of benzene rings is 1. The van der Waals surface area contributed by atoms with E-state index in [1.807, 2.05) is 0 Å². The highest BCUT2D eigenvalue weighted by Gasteiger charge is 2.21. The summed E-state index contributed by atoms with van der Waals surface area (Å²) in [5, 5.41) is 4.84. The lowest BCUT2D eigenvalue weighted by molar-refractivity contribution is 0.482. The molecule has 0 atom stereocenters. The minimum absolute atomic E-state index is 0.282. The smallest absolute Gasteiger partial charge is 0.282 e. The van der Waals surface area contributed by atoms with Gasteiger partial charge in [0.05, 0.1) is 9.37 Å². The van der Waals surface area contributed by atoms with Crippen LogP contribution in [-0.2, 0) is 20.1 Å². The molecule has 0 aliphatic carbocycles. The fourth-order valence-corrected chi connectivity index (χ4v) is 3.74. The van der Waals surface area contributed by atoms with Crippen LogP contribution in [0.25, 0.3) is 0 Å². The third-order valence-corrected chi connectivity index (χ3v) is 4.74. The molecule has 0 aromatic heterocycles. The van der Waals surface area contributed by atoms with E-state index in [1.54, 1.807) is 0 Å². The summed E-state index contributed by atoms with van der Waals surface area (Å²) in [5.74, 6) is 0. The lowest BCUT2D eigenvalue weighted by atomic mass is 10.4. The van der Waals surface area contributed by atoms with Crippen molar-refractivity contribution in [1.29, 1.82) is 0 Å². The zero-order valence-electron chi connectivity index (χ0n) is 7.08. The monoisotopic (exact) mass is 315 g/mol. The number of rotatable bonds is 2. The molecule has 0 aliphatic rings. The van der Waals surface area contributed by atoms with Crippen LogP contribution in [0.4, 0.5) is 0 Å². The lowest BCUT2D eigenvalue weighted by Crippen LogP contribution is -2.14. The van der Waals surface area contributed by atoms with E-state index in [-0.39, 0.29) is 4.47 Å². The van der Waals surface area contributed by atoms with E-state index in [0.29, 0.717) is 0 Å². The van der Waals surface area contributed by atoms with Crippen LogP contribution in [0, 0.1) is 0 Å². The maximum absolute atomic E-state index is 11.0. The van der Waals surface area contributed by atoms with Gasteiger partial charge in [0.2, 0.25) is 10.0 Å². The van der Waals surface area contributed by atoms with E-state index in [4.69, 9.17) is 9.69 Å². The fraction of sp³-hybridized carbons (Fsp3) is 0. The Labute approximate surface area is 95.0 Å². The topological polar surface area (TPSA) is 115 Å². The van der Waals surface area contributed by atoms with E-state index in [0.717, 1.165) is 18.2 Å². The Hall–Kier alpha value is -0.480. The molecule has 0 fully saturated rings. The number of hydrogen-bond donors (Lipinski definition) is 2. The summed E-state index contributed by atoms with van der Waals surface area (Å²) in [6.07, 6.45) is 0. The third kappa shape index (κ3) is 2.75. The van der Waals surface area contributed by atoms with Crippen molar-refractivity contribution in [2.75, 3.05) is 0 Å². The second-order valence-electron chi connectivity index (χ2n) is 2.59. The quantitative estimate of drug-likeness (QED) is 0.764. The fourth-order valence-electron chi connectivity index (χ4n) is 0.910. The summed E-state index contributed by atoms with van der Waals surface area (Å²) in [6, 6.07) is 3.33. The van der Waals surface area contributed by atoms with Crippen molar-refractivity contribution < 1.29 is 21.4 Å². The summed E-state index contributed by atoms with van der Waals surface area (Å²) in [6.45, 7) is 0. The predicted octanol–water partition coefficient (Wildman–Crippen LogP) is 0.343. The van der Waals surface area contributed by atoms with Gasteiger partial charge in [-0.1, -0.05) is 6.07 Å². The molecule has 1 rings (SSSR count). The van der Waals surface area contributed by atoms with Crippen LogP contribution < -0.4 is 5.14 Å². The highest BCUT2D eigenvalue weighted by molar-refractivity contribution is 9.10. The zero-order chi connectivity index (χ0) is 11.9. The Morgan fingerprint density at radius 3 is 2.00 bits per heavy atom. The molecule has 0 bridgehead atoms. The molecule has 0 saturated heterocycles. The normalized spacial score (nSPS) is 12.7. The predicted molar refractivity (Wildman–Crippen MR) is 55.3 cm³/mol.